The normalized spacial score (nSPS) is 11.1. The molecule has 0 aliphatic rings. The second-order valence-corrected chi connectivity index (χ2v) is 5.04. The van der Waals surface area contributed by atoms with E-state index in [0.717, 1.165) is 6.42 Å². The van der Waals surface area contributed by atoms with Crippen LogP contribution < -0.4 is 4.18 Å². The van der Waals surface area contributed by atoms with E-state index in [4.69, 9.17) is 4.18 Å². The lowest BCUT2D eigenvalue weighted by Gasteiger charge is -2.07. The fraction of sp³-hybridized carbons (Fsp3) is 0.364. The highest BCUT2D eigenvalue weighted by Crippen LogP contribution is 2.18. The Morgan fingerprint density at radius 1 is 1.31 bits per heavy atom. The fourth-order valence-corrected chi connectivity index (χ4v) is 2.30. The van der Waals surface area contributed by atoms with Gasteiger partial charge in [-0.3, -0.25) is 4.79 Å². The van der Waals surface area contributed by atoms with Crippen LogP contribution >= 0.6 is 0 Å². The quantitative estimate of drug-likeness (QED) is 0.565. The molecule has 0 fully saturated rings. The Labute approximate surface area is 95.4 Å². The molecule has 0 spiro atoms. The van der Waals surface area contributed by atoms with Crippen molar-refractivity contribution >= 4 is 16.4 Å². The molecule has 0 saturated heterocycles. The van der Waals surface area contributed by atoms with Gasteiger partial charge in [0.15, 0.2) is 12.0 Å². The Kier molecular flexibility index (Phi) is 4.49. The molecule has 88 valence electrons. The van der Waals surface area contributed by atoms with E-state index in [1.54, 1.807) is 12.1 Å². The molecule has 0 atom stereocenters. The average molecular weight is 242 g/mol. The van der Waals surface area contributed by atoms with Crippen LogP contribution in [0.15, 0.2) is 24.3 Å². The molecule has 0 aromatic heterocycles. The maximum atomic E-state index is 11.5. The summed E-state index contributed by atoms with van der Waals surface area (Å²) in [5, 5.41) is 0. The maximum Gasteiger partial charge on any atom is 0.309 e. The van der Waals surface area contributed by atoms with E-state index in [1.807, 2.05) is 6.92 Å². The van der Waals surface area contributed by atoms with Crippen LogP contribution in [0.2, 0.25) is 0 Å². The standard InChI is InChI=1S/C11H14O4S/c1-2-3-8-16(13,14)15-11-7-5-4-6-10(11)9-12/h4-7,9H,2-3,8H2,1H3. The lowest BCUT2D eigenvalue weighted by molar-refractivity contribution is 0.112. The van der Waals surface area contributed by atoms with E-state index in [9.17, 15) is 13.2 Å². The fourth-order valence-electron chi connectivity index (χ4n) is 1.15. The topological polar surface area (TPSA) is 60.4 Å². The Morgan fingerprint density at radius 3 is 2.62 bits per heavy atom. The van der Waals surface area contributed by atoms with E-state index in [-0.39, 0.29) is 17.1 Å². The van der Waals surface area contributed by atoms with Gasteiger partial charge in [0.25, 0.3) is 0 Å². The molecule has 5 heteroatoms. The Hall–Kier alpha value is -1.36. The zero-order valence-electron chi connectivity index (χ0n) is 9.05. The SMILES string of the molecule is CCCCS(=O)(=O)Oc1ccccc1C=O. The van der Waals surface area contributed by atoms with Crippen LogP contribution in [-0.2, 0) is 10.1 Å². The highest BCUT2D eigenvalue weighted by molar-refractivity contribution is 7.87. The first-order valence-corrected chi connectivity index (χ1v) is 6.63. The molecule has 1 rings (SSSR count). The Morgan fingerprint density at radius 2 is 2.00 bits per heavy atom. The van der Waals surface area contributed by atoms with Gasteiger partial charge in [0.05, 0.1) is 11.3 Å². The molecule has 4 nitrogen and oxygen atoms in total. The van der Waals surface area contributed by atoms with Crippen molar-refractivity contribution in [2.24, 2.45) is 0 Å². The average Bonchev–Trinajstić information content (AvgIpc) is 2.27. The van der Waals surface area contributed by atoms with Crippen molar-refractivity contribution in [2.75, 3.05) is 5.75 Å². The highest BCUT2D eigenvalue weighted by atomic mass is 32.2. The largest absolute Gasteiger partial charge is 0.382 e. The summed E-state index contributed by atoms with van der Waals surface area (Å²) in [6.07, 6.45) is 1.90. The third kappa shape index (κ3) is 3.66. The summed E-state index contributed by atoms with van der Waals surface area (Å²) in [7, 11) is -3.59. The minimum absolute atomic E-state index is 0.0311. The zero-order chi connectivity index (χ0) is 12.0. The molecule has 1 aromatic rings. The van der Waals surface area contributed by atoms with Gasteiger partial charge < -0.3 is 4.18 Å². The lowest BCUT2D eigenvalue weighted by atomic mass is 10.2. The molecule has 0 radical (unpaired) electrons. The number of carbonyl (C=O) groups excluding carboxylic acids is 1. The number of benzene rings is 1. The van der Waals surface area contributed by atoms with Crippen molar-refractivity contribution < 1.29 is 17.4 Å². The number of hydrogen-bond donors (Lipinski definition) is 0. The molecule has 0 bridgehead atoms. The predicted octanol–water partition coefficient (Wildman–Crippen LogP) is 2.01. The van der Waals surface area contributed by atoms with Crippen LogP contribution in [-0.4, -0.2) is 20.5 Å². The first-order chi connectivity index (χ1) is 7.59. The highest BCUT2D eigenvalue weighted by Gasteiger charge is 2.13. The van der Waals surface area contributed by atoms with Crippen LogP contribution in [0.25, 0.3) is 0 Å². The Balaban J connectivity index is 2.83. The summed E-state index contributed by atoms with van der Waals surface area (Å²) < 4.78 is 27.8. The molecule has 0 unspecified atom stereocenters. The third-order valence-electron chi connectivity index (χ3n) is 2.01. The minimum Gasteiger partial charge on any atom is -0.382 e. The lowest BCUT2D eigenvalue weighted by Crippen LogP contribution is -2.14. The monoisotopic (exact) mass is 242 g/mol. The van der Waals surface area contributed by atoms with Crippen LogP contribution in [0.3, 0.4) is 0 Å². The number of carbonyl (C=O) groups is 1. The van der Waals surface area contributed by atoms with Gasteiger partial charge in [-0.05, 0) is 18.6 Å². The maximum absolute atomic E-state index is 11.5. The first-order valence-electron chi connectivity index (χ1n) is 5.05. The molecule has 0 heterocycles. The summed E-state index contributed by atoms with van der Waals surface area (Å²) in [5.41, 5.74) is 0.238. The summed E-state index contributed by atoms with van der Waals surface area (Å²) in [4.78, 5) is 10.7. The number of hydrogen-bond acceptors (Lipinski definition) is 4. The van der Waals surface area contributed by atoms with Gasteiger partial charge in [-0.2, -0.15) is 8.42 Å². The van der Waals surface area contributed by atoms with Gasteiger partial charge in [0.1, 0.15) is 0 Å². The van der Waals surface area contributed by atoms with E-state index in [0.29, 0.717) is 12.7 Å². The van der Waals surface area contributed by atoms with Crippen molar-refractivity contribution in [1.29, 1.82) is 0 Å². The van der Waals surface area contributed by atoms with Gasteiger partial charge in [0.2, 0.25) is 0 Å². The van der Waals surface area contributed by atoms with Crippen LogP contribution in [0.1, 0.15) is 30.1 Å². The van der Waals surface area contributed by atoms with Crippen LogP contribution in [0.5, 0.6) is 5.75 Å². The number of unbranched alkanes of at least 4 members (excludes halogenated alkanes) is 1. The number of rotatable bonds is 6. The molecule has 0 aliphatic carbocycles. The molecule has 0 aliphatic heterocycles. The zero-order valence-corrected chi connectivity index (χ0v) is 9.87. The second kappa shape index (κ2) is 5.65. The summed E-state index contributed by atoms with van der Waals surface area (Å²) in [6.45, 7) is 1.90. The molecule has 0 saturated carbocycles. The van der Waals surface area contributed by atoms with E-state index >= 15 is 0 Å². The minimum atomic E-state index is -3.59. The van der Waals surface area contributed by atoms with Gasteiger partial charge in [-0.25, -0.2) is 0 Å². The Bertz CT molecular complexity index is 451. The second-order valence-electron chi connectivity index (χ2n) is 3.35. The van der Waals surface area contributed by atoms with Crippen molar-refractivity contribution in [2.45, 2.75) is 19.8 Å². The van der Waals surface area contributed by atoms with Crippen molar-refractivity contribution in [1.82, 2.24) is 0 Å². The molecule has 0 amide bonds. The van der Waals surface area contributed by atoms with E-state index < -0.39 is 10.1 Å². The van der Waals surface area contributed by atoms with Gasteiger partial charge in [0, 0.05) is 0 Å². The van der Waals surface area contributed by atoms with E-state index in [2.05, 4.69) is 0 Å². The van der Waals surface area contributed by atoms with Crippen LogP contribution in [0, 0.1) is 0 Å². The predicted molar refractivity (Wildman–Crippen MR) is 61.2 cm³/mol. The smallest absolute Gasteiger partial charge is 0.309 e. The van der Waals surface area contributed by atoms with Crippen molar-refractivity contribution in [3.63, 3.8) is 0 Å². The van der Waals surface area contributed by atoms with Crippen molar-refractivity contribution in [3.8, 4) is 5.75 Å². The molecular weight excluding hydrogens is 228 g/mol. The van der Waals surface area contributed by atoms with Gasteiger partial charge in [-0.1, -0.05) is 25.5 Å². The summed E-state index contributed by atoms with van der Waals surface area (Å²) in [6, 6.07) is 6.25. The molecule has 16 heavy (non-hydrogen) atoms. The number of para-hydroxylation sites is 1. The van der Waals surface area contributed by atoms with Gasteiger partial charge >= 0.3 is 10.1 Å². The third-order valence-corrected chi connectivity index (χ3v) is 3.23. The summed E-state index contributed by atoms with van der Waals surface area (Å²) in [5.74, 6) is 0.0602. The molecule has 1 aromatic carbocycles. The first kappa shape index (κ1) is 12.7. The van der Waals surface area contributed by atoms with E-state index in [1.165, 1.54) is 12.1 Å². The molecule has 0 N–H and O–H groups in total. The summed E-state index contributed by atoms with van der Waals surface area (Å²) >= 11 is 0. The van der Waals surface area contributed by atoms with Gasteiger partial charge in [-0.15, -0.1) is 0 Å². The van der Waals surface area contributed by atoms with Crippen molar-refractivity contribution in [3.05, 3.63) is 29.8 Å². The number of aldehydes is 1. The van der Waals surface area contributed by atoms with Crippen LogP contribution in [0.4, 0.5) is 0 Å². The molecular formula is C11H14O4S.